The monoisotopic (exact) mass is 418 g/mol. The summed E-state index contributed by atoms with van der Waals surface area (Å²) in [6.07, 6.45) is 0.113. The number of hydrogen-bond donors (Lipinski definition) is 2. The van der Waals surface area contributed by atoms with Gasteiger partial charge in [-0.1, -0.05) is 18.2 Å². The maximum absolute atomic E-state index is 12.5. The Morgan fingerprint density at radius 2 is 1.83 bits per heavy atom. The molecule has 2 aromatic rings. The van der Waals surface area contributed by atoms with Crippen LogP contribution in [0.15, 0.2) is 42.6 Å². The van der Waals surface area contributed by atoms with E-state index in [0.29, 0.717) is 5.75 Å². The van der Waals surface area contributed by atoms with E-state index in [-0.39, 0.29) is 18.1 Å². The zero-order chi connectivity index (χ0) is 22.1. The van der Waals surface area contributed by atoms with Crippen molar-refractivity contribution in [2.24, 2.45) is 0 Å². The molecule has 1 amide bonds. The molecule has 3 atom stereocenters. The molecule has 0 radical (unpaired) electrons. The Hall–Kier alpha value is -3.33. The van der Waals surface area contributed by atoms with Crippen LogP contribution in [0.25, 0.3) is 0 Å². The normalized spacial score (nSPS) is 13.6. The van der Waals surface area contributed by atoms with E-state index >= 15 is 0 Å². The lowest BCUT2D eigenvalue weighted by Crippen LogP contribution is -2.44. The van der Waals surface area contributed by atoms with Crippen molar-refractivity contribution in [2.75, 3.05) is 20.8 Å². The van der Waals surface area contributed by atoms with Crippen molar-refractivity contribution in [3.8, 4) is 17.2 Å². The molecule has 0 spiro atoms. The summed E-state index contributed by atoms with van der Waals surface area (Å²) >= 11 is 0. The van der Waals surface area contributed by atoms with Crippen molar-refractivity contribution in [1.29, 1.82) is 0 Å². The van der Waals surface area contributed by atoms with Gasteiger partial charge in [0.15, 0.2) is 23.3 Å². The van der Waals surface area contributed by atoms with E-state index < -0.39 is 35.9 Å². The molecule has 0 saturated carbocycles. The highest BCUT2D eigenvalue weighted by Crippen LogP contribution is 2.27. The average Bonchev–Trinajstić information content (AvgIpc) is 2.74. The first-order valence-corrected chi connectivity index (χ1v) is 9.31. The minimum atomic E-state index is -1.01. The van der Waals surface area contributed by atoms with Crippen LogP contribution in [0.1, 0.15) is 24.3 Å². The number of carbonyl (C=O) groups excluding carboxylic acids is 2. The van der Waals surface area contributed by atoms with Gasteiger partial charge in [0, 0.05) is 19.4 Å². The molecule has 0 unspecified atom stereocenters. The number of pyridine rings is 1. The maximum Gasteiger partial charge on any atom is 0.328 e. The Balaban J connectivity index is 2.00. The number of carbonyl (C=O) groups is 2. The van der Waals surface area contributed by atoms with E-state index in [2.05, 4.69) is 10.3 Å². The number of aromatic nitrogens is 1. The average molecular weight is 418 g/mol. The van der Waals surface area contributed by atoms with Gasteiger partial charge in [0.05, 0.1) is 13.7 Å². The zero-order valence-corrected chi connectivity index (χ0v) is 17.3. The standard InChI is InChI=1S/C21H26N2O7/c1-13(23-20(25)18-19(24)16(28-4)10-11-22-18)21(26)30-17(12-27-3)14(2)29-15-8-6-5-7-9-15/h5-11,13-14,17,24H,12H2,1-4H3,(H,23,25)/t13-,14-,17+/m0/s1. The van der Waals surface area contributed by atoms with Crippen molar-refractivity contribution >= 4 is 11.9 Å². The van der Waals surface area contributed by atoms with Crippen molar-refractivity contribution in [2.45, 2.75) is 32.1 Å². The molecule has 2 N–H and O–H groups in total. The molecule has 1 aromatic heterocycles. The SMILES string of the molecule is COC[C@@H](OC(=O)[C@H](C)NC(=O)c1nccc(OC)c1O)[C@H](C)Oc1ccccc1. The van der Waals surface area contributed by atoms with Gasteiger partial charge < -0.3 is 29.4 Å². The zero-order valence-electron chi connectivity index (χ0n) is 17.3. The van der Waals surface area contributed by atoms with Crippen LogP contribution in [0.2, 0.25) is 0 Å². The highest BCUT2D eigenvalue weighted by Gasteiger charge is 2.28. The smallest absolute Gasteiger partial charge is 0.328 e. The second kappa shape index (κ2) is 11.0. The summed E-state index contributed by atoms with van der Waals surface area (Å²) in [5.41, 5.74) is -0.261. The van der Waals surface area contributed by atoms with E-state index in [4.69, 9.17) is 18.9 Å². The van der Waals surface area contributed by atoms with Gasteiger partial charge in [-0.15, -0.1) is 0 Å². The Bertz CT molecular complexity index is 845. The number of nitrogens with one attached hydrogen (secondary N) is 1. The first-order chi connectivity index (χ1) is 14.4. The number of amides is 1. The van der Waals surface area contributed by atoms with E-state index in [9.17, 15) is 14.7 Å². The van der Waals surface area contributed by atoms with Crippen LogP contribution in [0, 0.1) is 0 Å². The minimum absolute atomic E-state index is 0.0948. The van der Waals surface area contributed by atoms with Crippen LogP contribution in [-0.4, -0.2) is 61.0 Å². The lowest BCUT2D eigenvalue weighted by molar-refractivity contribution is -0.158. The Labute approximate surface area is 174 Å². The van der Waals surface area contributed by atoms with Gasteiger partial charge in [0.1, 0.15) is 17.9 Å². The molecule has 30 heavy (non-hydrogen) atoms. The highest BCUT2D eigenvalue weighted by atomic mass is 16.6. The first-order valence-electron chi connectivity index (χ1n) is 9.31. The Kier molecular flexibility index (Phi) is 8.42. The molecule has 9 heteroatoms. The predicted molar refractivity (Wildman–Crippen MR) is 108 cm³/mol. The molecule has 162 valence electrons. The van der Waals surface area contributed by atoms with Crippen LogP contribution in [0.3, 0.4) is 0 Å². The number of hydrogen-bond acceptors (Lipinski definition) is 8. The van der Waals surface area contributed by atoms with Gasteiger partial charge in [-0.05, 0) is 26.0 Å². The lowest BCUT2D eigenvalue weighted by atomic mass is 10.2. The van der Waals surface area contributed by atoms with Crippen molar-refractivity contribution in [1.82, 2.24) is 10.3 Å². The fraction of sp³-hybridized carbons (Fsp3) is 0.381. The summed E-state index contributed by atoms with van der Waals surface area (Å²) in [5, 5.41) is 12.5. The number of ether oxygens (including phenoxy) is 4. The summed E-state index contributed by atoms with van der Waals surface area (Å²) < 4.78 is 21.4. The molecule has 0 aliphatic carbocycles. The van der Waals surface area contributed by atoms with E-state index in [1.54, 1.807) is 19.1 Å². The van der Waals surface area contributed by atoms with Gasteiger partial charge in [0.2, 0.25) is 0 Å². The third-order valence-corrected chi connectivity index (χ3v) is 4.21. The van der Waals surface area contributed by atoms with Crippen LogP contribution >= 0.6 is 0 Å². The largest absolute Gasteiger partial charge is 0.503 e. The molecule has 1 heterocycles. The highest BCUT2D eigenvalue weighted by molar-refractivity contribution is 5.97. The Morgan fingerprint density at radius 3 is 2.47 bits per heavy atom. The van der Waals surface area contributed by atoms with Crippen molar-refractivity contribution in [3.63, 3.8) is 0 Å². The molecule has 1 aromatic carbocycles. The summed E-state index contributed by atoms with van der Waals surface area (Å²) in [6, 6.07) is 9.51. The molecule has 0 aliphatic heterocycles. The first kappa shape index (κ1) is 23.0. The van der Waals surface area contributed by atoms with Crippen molar-refractivity contribution < 1.29 is 33.6 Å². The number of nitrogens with zero attached hydrogens (tertiary/aromatic N) is 1. The Morgan fingerprint density at radius 1 is 1.13 bits per heavy atom. The molecule has 0 saturated heterocycles. The molecule has 0 bridgehead atoms. The predicted octanol–water partition coefficient (Wildman–Crippen LogP) is 1.94. The minimum Gasteiger partial charge on any atom is -0.503 e. The fourth-order valence-electron chi connectivity index (χ4n) is 2.56. The third-order valence-electron chi connectivity index (χ3n) is 4.21. The molecular formula is C21H26N2O7. The van der Waals surface area contributed by atoms with Crippen LogP contribution in [0.4, 0.5) is 0 Å². The van der Waals surface area contributed by atoms with Gasteiger partial charge in [0.25, 0.3) is 5.91 Å². The van der Waals surface area contributed by atoms with Gasteiger partial charge in [-0.3, -0.25) is 4.79 Å². The van der Waals surface area contributed by atoms with Gasteiger partial charge in [-0.2, -0.15) is 0 Å². The maximum atomic E-state index is 12.5. The van der Waals surface area contributed by atoms with Crippen LogP contribution in [0.5, 0.6) is 17.2 Å². The molecular weight excluding hydrogens is 392 g/mol. The van der Waals surface area contributed by atoms with E-state index in [1.807, 2.05) is 18.2 Å². The number of rotatable bonds is 10. The number of methoxy groups -OCH3 is 2. The summed E-state index contributed by atoms with van der Waals surface area (Å²) in [5.74, 6) is -1.12. The van der Waals surface area contributed by atoms with E-state index in [1.165, 1.54) is 33.4 Å². The topological polar surface area (TPSA) is 116 Å². The van der Waals surface area contributed by atoms with Crippen molar-refractivity contribution in [3.05, 3.63) is 48.3 Å². The molecule has 9 nitrogen and oxygen atoms in total. The van der Waals surface area contributed by atoms with Gasteiger partial charge >= 0.3 is 5.97 Å². The van der Waals surface area contributed by atoms with Crippen LogP contribution in [-0.2, 0) is 14.3 Å². The number of esters is 1. The van der Waals surface area contributed by atoms with Crippen LogP contribution < -0.4 is 14.8 Å². The summed E-state index contributed by atoms with van der Waals surface area (Å²) in [4.78, 5) is 28.7. The second-order valence-corrected chi connectivity index (χ2v) is 6.47. The quantitative estimate of drug-likeness (QED) is 0.563. The number of benzene rings is 1. The molecule has 2 rings (SSSR count). The second-order valence-electron chi connectivity index (χ2n) is 6.47. The van der Waals surface area contributed by atoms with E-state index in [0.717, 1.165) is 0 Å². The number of para-hydroxylation sites is 1. The van der Waals surface area contributed by atoms with Gasteiger partial charge in [-0.25, -0.2) is 9.78 Å². The fourth-order valence-corrected chi connectivity index (χ4v) is 2.56. The molecule has 0 fully saturated rings. The molecule has 0 aliphatic rings. The number of aromatic hydroxyl groups is 1. The summed E-state index contributed by atoms with van der Waals surface area (Å²) in [6.45, 7) is 3.33. The summed E-state index contributed by atoms with van der Waals surface area (Å²) in [7, 11) is 2.84. The lowest BCUT2D eigenvalue weighted by Gasteiger charge is -2.26. The third kappa shape index (κ3) is 6.08.